The Labute approximate surface area is 205 Å². The fraction of sp³-hybridized carbons (Fsp3) is 0.286. The summed E-state index contributed by atoms with van der Waals surface area (Å²) in [5, 5.41) is 4.05. The summed E-state index contributed by atoms with van der Waals surface area (Å²) in [7, 11) is 1.62. The molecule has 180 valence electrons. The second-order valence-corrected chi connectivity index (χ2v) is 8.80. The van der Waals surface area contributed by atoms with E-state index in [0.29, 0.717) is 5.58 Å². The molecule has 7 heteroatoms. The number of furan rings is 1. The van der Waals surface area contributed by atoms with Gasteiger partial charge in [0.05, 0.1) is 31.2 Å². The lowest BCUT2D eigenvalue weighted by Gasteiger charge is -2.37. The van der Waals surface area contributed by atoms with Crippen molar-refractivity contribution in [2.24, 2.45) is 0 Å². The number of nitrogens with one attached hydrogen (secondary N) is 1. The van der Waals surface area contributed by atoms with Crippen LogP contribution in [0.1, 0.15) is 11.1 Å². The SMILES string of the molecule is COc1ccc2c(CC(=O)Nc3ccccc3N3CCN(CCc4ccncc4)CC3)coc2c1. The number of amides is 1. The molecule has 2 aromatic heterocycles. The molecule has 7 nitrogen and oxygen atoms in total. The van der Waals surface area contributed by atoms with Crippen LogP contribution in [-0.4, -0.2) is 55.6 Å². The maximum atomic E-state index is 12.9. The number of aromatic nitrogens is 1. The molecule has 1 aliphatic rings. The van der Waals surface area contributed by atoms with Gasteiger partial charge in [0.1, 0.15) is 11.3 Å². The van der Waals surface area contributed by atoms with Crippen LogP contribution < -0.4 is 15.0 Å². The molecule has 5 rings (SSSR count). The van der Waals surface area contributed by atoms with Gasteiger partial charge in [-0.25, -0.2) is 0 Å². The van der Waals surface area contributed by atoms with Crippen LogP contribution >= 0.6 is 0 Å². The Hall–Kier alpha value is -3.84. The van der Waals surface area contributed by atoms with Gasteiger partial charge in [0.25, 0.3) is 0 Å². The van der Waals surface area contributed by atoms with E-state index in [1.54, 1.807) is 13.4 Å². The maximum absolute atomic E-state index is 12.9. The van der Waals surface area contributed by atoms with E-state index in [4.69, 9.17) is 9.15 Å². The van der Waals surface area contributed by atoms with E-state index in [0.717, 1.165) is 67.2 Å². The third kappa shape index (κ3) is 5.46. The highest BCUT2D eigenvalue weighted by Crippen LogP contribution is 2.29. The van der Waals surface area contributed by atoms with Gasteiger partial charge in [-0.2, -0.15) is 0 Å². The highest BCUT2D eigenvalue weighted by atomic mass is 16.5. The quantitative estimate of drug-likeness (QED) is 0.412. The Bertz CT molecular complexity index is 1280. The molecule has 0 radical (unpaired) electrons. The number of nitrogens with zero attached hydrogens (tertiary/aromatic N) is 3. The average Bonchev–Trinajstić information content (AvgIpc) is 3.30. The molecule has 1 saturated heterocycles. The standard InChI is InChI=1S/C28H30N4O3/c1-34-23-6-7-24-22(20-35-27(24)19-23)18-28(33)30-25-4-2-3-5-26(25)32-16-14-31(15-17-32)13-10-21-8-11-29-12-9-21/h2-9,11-12,19-20H,10,13-18H2,1H3,(H,30,33). The van der Waals surface area contributed by atoms with Gasteiger partial charge in [0, 0.05) is 62.1 Å². The van der Waals surface area contributed by atoms with Gasteiger partial charge in [0.15, 0.2) is 0 Å². The third-order valence-electron chi connectivity index (χ3n) is 6.57. The number of carbonyl (C=O) groups is 1. The van der Waals surface area contributed by atoms with Crippen LogP contribution in [0.2, 0.25) is 0 Å². The lowest BCUT2D eigenvalue weighted by atomic mass is 10.1. The molecule has 1 amide bonds. The zero-order valence-electron chi connectivity index (χ0n) is 19.9. The summed E-state index contributed by atoms with van der Waals surface area (Å²) in [5.41, 5.74) is 4.81. The number of fused-ring (bicyclic) bond motifs is 1. The molecule has 4 aromatic rings. The first-order chi connectivity index (χ1) is 17.2. The minimum absolute atomic E-state index is 0.0630. The molecule has 0 unspecified atom stereocenters. The molecule has 35 heavy (non-hydrogen) atoms. The number of rotatable bonds is 8. The van der Waals surface area contributed by atoms with Gasteiger partial charge in [-0.1, -0.05) is 12.1 Å². The summed E-state index contributed by atoms with van der Waals surface area (Å²) in [6.45, 7) is 4.89. The zero-order chi connectivity index (χ0) is 24.0. The molecule has 3 heterocycles. The number of hydrogen-bond acceptors (Lipinski definition) is 6. The van der Waals surface area contributed by atoms with Crippen molar-refractivity contribution in [3.8, 4) is 5.75 Å². The third-order valence-corrected chi connectivity index (χ3v) is 6.57. The number of benzene rings is 2. The van der Waals surface area contributed by atoms with Gasteiger partial charge in [-0.05, 0) is 48.4 Å². The van der Waals surface area contributed by atoms with Gasteiger partial charge in [-0.3, -0.25) is 14.7 Å². The van der Waals surface area contributed by atoms with E-state index in [2.05, 4.69) is 38.3 Å². The molecular weight excluding hydrogens is 440 g/mol. The van der Waals surface area contributed by atoms with Crippen LogP contribution in [0.4, 0.5) is 11.4 Å². The number of hydrogen-bond donors (Lipinski definition) is 1. The normalized spacial score (nSPS) is 14.3. The fourth-order valence-corrected chi connectivity index (χ4v) is 4.60. The first-order valence-electron chi connectivity index (χ1n) is 12.0. The minimum atomic E-state index is -0.0630. The Morgan fingerprint density at radius 1 is 1.06 bits per heavy atom. The van der Waals surface area contributed by atoms with Crippen molar-refractivity contribution >= 4 is 28.3 Å². The van der Waals surface area contributed by atoms with Gasteiger partial charge in [0.2, 0.25) is 5.91 Å². The largest absolute Gasteiger partial charge is 0.497 e. The Morgan fingerprint density at radius 2 is 1.86 bits per heavy atom. The molecule has 0 bridgehead atoms. The summed E-state index contributed by atoms with van der Waals surface area (Å²) in [6.07, 6.45) is 6.64. The average molecular weight is 471 g/mol. The van der Waals surface area contributed by atoms with Crippen molar-refractivity contribution in [1.29, 1.82) is 0 Å². The molecule has 2 aromatic carbocycles. The van der Waals surface area contributed by atoms with Crippen molar-refractivity contribution < 1.29 is 13.9 Å². The van der Waals surface area contributed by atoms with Crippen LogP contribution in [0.5, 0.6) is 5.75 Å². The summed E-state index contributed by atoms with van der Waals surface area (Å²) >= 11 is 0. The van der Waals surface area contributed by atoms with Crippen LogP contribution in [0.15, 0.2) is 77.7 Å². The number of piperazine rings is 1. The molecule has 0 saturated carbocycles. The van der Waals surface area contributed by atoms with Gasteiger partial charge >= 0.3 is 0 Å². The molecule has 0 aliphatic carbocycles. The minimum Gasteiger partial charge on any atom is -0.497 e. The lowest BCUT2D eigenvalue weighted by molar-refractivity contribution is -0.115. The number of methoxy groups -OCH3 is 1. The Balaban J connectivity index is 1.19. The highest BCUT2D eigenvalue weighted by Gasteiger charge is 2.20. The maximum Gasteiger partial charge on any atom is 0.228 e. The molecule has 0 atom stereocenters. The highest BCUT2D eigenvalue weighted by molar-refractivity contribution is 5.97. The van der Waals surface area contributed by atoms with Crippen molar-refractivity contribution in [2.45, 2.75) is 12.8 Å². The number of ether oxygens (including phenoxy) is 1. The molecule has 1 fully saturated rings. The summed E-state index contributed by atoms with van der Waals surface area (Å²) < 4.78 is 10.9. The Morgan fingerprint density at radius 3 is 2.66 bits per heavy atom. The topological polar surface area (TPSA) is 70.8 Å². The second-order valence-electron chi connectivity index (χ2n) is 8.80. The summed E-state index contributed by atoms with van der Waals surface area (Å²) in [5.74, 6) is 0.668. The number of carbonyl (C=O) groups excluding carboxylic acids is 1. The lowest BCUT2D eigenvalue weighted by Crippen LogP contribution is -2.47. The van der Waals surface area contributed by atoms with E-state index in [-0.39, 0.29) is 12.3 Å². The summed E-state index contributed by atoms with van der Waals surface area (Å²) in [4.78, 5) is 21.9. The summed E-state index contributed by atoms with van der Waals surface area (Å²) in [6, 6.07) is 17.9. The van der Waals surface area contributed by atoms with Crippen molar-refractivity contribution in [3.05, 3.63) is 84.4 Å². The molecule has 1 N–H and O–H groups in total. The van der Waals surface area contributed by atoms with Crippen LogP contribution in [0.25, 0.3) is 11.0 Å². The molecular formula is C28H30N4O3. The Kier molecular flexibility index (Phi) is 6.95. The van der Waals surface area contributed by atoms with E-state index in [1.807, 2.05) is 48.8 Å². The van der Waals surface area contributed by atoms with E-state index in [1.165, 1.54) is 5.56 Å². The monoisotopic (exact) mass is 470 g/mol. The predicted molar refractivity (Wildman–Crippen MR) is 138 cm³/mol. The van der Waals surface area contributed by atoms with Crippen LogP contribution in [0, 0.1) is 0 Å². The van der Waals surface area contributed by atoms with Crippen molar-refractivity contribution in [1.82, 2.24) is 9.88 Å². The van der Waals surface area contributed by atoms with E-state index >= 15 is 0 Å². The second kappa shape index (κ2) is 10.6. The zero-order valence-corrected chi connectivity index (χ0v) is 19.9. The fourth-order valence-electron chi connectivity index (χ4n) is 4.60. The number of anilines is 2. The van der Waals surface area contributed by atoms with Crippen molar-refractivity contribution in [3.63, 3.8) is 0 Å². The number of pyridine rings is 1. The molecule has 1 aliphatic heterocycles. The molecule has 0 spiro atoms. The smallest absolute Gasteiger partial charge is 0.228 e. The van der Waals surface area contributed by atoms with Crippen LogP contribution in [0.3, 0.4) is 0 Å². The van der Waals surface area contributed by atoms with Gasteiger partial charge < -0.3 is 19.4 Å². The number of para-hydroxylation sites is 2. The van der Waals surface area contributed by atoms with Gasteiger partial charge in [-0.15, -0.1) is 0 Å². The predicted octanol–water partition coefficient (Wildman–Crippen LogP) is 4.38. The van der Waals surface area contributed by atoms with Crippen molar-refractivity contribution in [2.75, 3.05) is 50.1 Å². The van der Waals surface area contributed by atoms with E-state index in [9.17, 15) is 4.79 Å². The first-order valence-corrected chi connectivity index (χ1v) is 12.0. The van der Waals surface area contributed by atoms with E-state index < -0.39 is 0 Å². The van der Waals surface area contributed by atoms with Crippen LogP contribution in [-0.2, 0) is 17.6 Å². The first kappa shape index (κ1) is 22.9.